The van der Waals surface area contributed by atoms with E-state index in [1.165, 1.54) is 17.1 Å². The molecule has 0 radical (unpaired) electrons. The highest BCUT2D eigenvalue weighted by Crippen LogP contribution is 2.32. The number of nitrogens with zero attached hydrogens (tertiary/aromatic N) is 3. The molecule has 8 nitrogen and oxygen atoms in total. The maximum absolute atomic E-state index is 13.3. The van der Waals surface area contributed by atoms with Gasteiger partial charge in [-0.2, -0.15) is 0 Å². The number of nitrogens with one attached hydrogen (secondary N) is 1. The first-order chi connectivity index (χ1) is 19.6. The summed E-state index contributed by atoms with van der Waals surface area (Å²) in [4.78, 5) is 32.3. The number of aliphatic imine (C=N–C) groups is 1. The second kappa shape index (κ2) is 14.1. The Bertz CT molecular complexity index is 1240. The van der Waals surface area contributed by atoms with Crippen LogP contribution in [0.1, 0.15) is 100 Å². The number of aryl methyl sites for hydroxylation is 2. The molecule has 1 N–H and O–H groups in total. The van der Waals surface area contributed by atoms with Crippen molar-refractivity contribution in [2.45, 2.75) is 109 Å². The van der Waals surface area contributed by atoms with Gasteiger partial charge in [-0.15, -0.1) is 0 Å². The fourth-order valence-electron chi connectivity index (χ4n) is 6.27. The summed E-state index contributed by atoms with van der Waals surface area (Å²) < 4.78 is 28.1. The van der Waals surface area contributed by atoms with Crippen molar-refractivity contribution in [3.05, 3.63) is 41.0 Å². The molecule has 0 unspecified atom stereocenters. The molecule has 0 saturated carbocycles. The average Bonchev–Trinajstić information content (AvgIpc) is 3.23. The van der Waals surface area contributed by atoms with Gasteiger partial charge in [0.2, 0.25) is 15.9 Å². The molecule has 1 spiro atoms. The molecule has 5 aliphatic heterocycles. The number of sulfonamides is 1. The van der Waals surface area contributed by atoms with Gasteiger partial charge < -0.3 is 10.2 Å². The van der Waals surface area contributed by atoms with E-state index in [-0.39, 0.29) is 17.6 Å². The predicted octanol–water partition coefficient (Wildman–Crippen LogP) is 5.36. The topological polar surface area (TPSA) is 99.2 Å². The van der Waals surface area contributed by atoms with E-state index in [1.54, 1.807) is 4.90 Å². The third-order valence-corrected chi connectivity index (χ3v) is 10.9. The molecule has 226 valence electrons. The molecular weight excluding hydrogens is 536 g/mol. The molecule has 1 saturated heterocycles. The molecule has 1 aromatic rings. The zero-order valence-electron chi connectivity index (χ0n) is 25.2. The molecule has 0 atom stereocenters. The van der Waals surface area contributed by atoms with Crippen molar-refractivity contribution < 1.29 is 18.0 Å². The lowest BCUT2D eigenvalue weighted by molar-refractivity contribution is -0.125. The number of allylic oxidation sites excluding steroid dienone is 2. The lowest BCUT2D eigenvalue weighted by Crippen LogP contribution is -2.50. The minimum absolute atomic E-state index is 0.0188. The van der Waals surface area contributed by atoms with Crippen LogP contribution in [0.15, 0.2) is 29.3 Å². The maximum atomic E-state index is 13.3. The Morgan fingerprint density at radius 1 is 0.829 bits per heavy atom. The first kappa shape index (κ1) is 31.4. The van der Waals surface area contributed by atoms with E-state index in [1.807, 2.05) is 33.0 Å². The molecule has 5 bridgehead atoms. The Hall–Kier alpha value is -2.52. The molecule has 0 aliphatic carbocycles. The number of piperidine rings is 1. The molecular formula is C32H48N4O4S. The molecule has 0 aromatic heterocycles. The monoisotopic (exact) mass is 584 g/mol. The number of carbonyl (C=O) groups excluding carboxylic acids is 2. The summed E-state index contributed by atoms with van der Waals surface area (Å²) in [5.74, 6) is 0.809. The minimum atomic E-state index is -3.48. The van der Waals surface area contributed by atoms with Crippen molar-refractivity contribution in [2.75, 3.05) is 30.8 Å². The zero-order valence-corrected chi connectivity index (χ0v) is 26.0. The third-order valence-electron chi connectivity index (χ3n) is 8.99. The fraction of sp³-hybridized carbons (Fsp3) is 0.656. The van der Waals surface area contributed by atoms with Crippen LogP contribution >= 0.6 is 0 Å². The number of hydrogen-bond donors (Lipinski definition) is 1. The summed E-state index contributed by atoms with van der Waals surface area (Å²) in [6.07, 6.45) is 16.7. The van der Waals surface area contributed by atoms with Crippen LogP contribution in [-0.4, -0.2) is 61.8 Å². The van der Waals surface area contributed by atoms with Crippen LogP contribution in [-0.2, 0) is 26.0 Å². The Labute approximate surface area is 246 Å². The number of anilines is 1. The highest BCUT2D eigenvalue weighted by Gasteiger charge is 2.47. The summed E-state index contributed by atoms with van der Waals surface area (Å²) in [6, 6.07) is 3.99. The Morgan fingerprint density at radius 3 is 2.10 bits per heavy atom. The number of fused-ring (bicyclic) bond motifs is 2. The van der Waals surface area contributed by atoms with Crippen LogP contribution < -0.4 is 10.2 Å². The third kappa shape index (κ3) is 8.07. The molecule has 1 aromatic carbocycles. The minimum Gasteiger partial charge on any atom is -0.315 e. The maximum Gasteiger partial charge on any atom is 0.253 e. The molecule has 2 amide bonds. The van der Waals surface area contributed by atoms with E-state index in [9.17, 15) is 18.0 Å². The van der Waals surface area contributed by atoms with E-state index in [0.29, 0.717) is 38.8 Å². The highest BCUT2D eigenvalue weighted by molar-refractivity contribution is 7.89. The van der Waals surface area contributed by atoms with Crippen molar-refractivity contribution >= 4 is 33.4 Å². The van der Waals surface area contributed by atoms with Crippen molar-refractivity contribution in [2.24, 2.45) is 4.99 Å². The zero-order chi connectivity index (χ0) is 29.5. The van der Waals surface area contributed by atoms with Crippen molar-refractivity contribution in [3.8, 4) is 0 Å². The smallest absolute Gasteiger partial charge is 0.253 e. The van der Waals surface area contributed by atoms with Crippen molar-refractivity contribution in [3.63, 3.8) is 0 Å². The summed E-state index contributed by atoms with van der Waals surface area (Å²) in [5, 5.41) is 2.98. The summed E-state index contributed by atoms with van der Waals surface area (Å²) >= 11 is 0. The summed E-state index contributed by atoms with van der Waals surface area (Å²) in [5.41, 5.74) is 3.04. The number of carbonyl (C=O) groups is 2. The Morgan fingerprint density at radius 2 is 1.41 bits per heavy atom. The van der Waals surface area contributed by atoms with E-state index in [0.717, 1.165) is 79.6 Å². The number of rotatable bonds is 0. The Kier molecular flexibility index (Phi) is 10.8. The van der Waals surface area contributed by atoms with Gasteiger partial charge in [-0.1, -0.05) is 31.4 Å². The molecule has 41 heavy (non-hydrogen) atoms. The van der Waals surface area contributed by atoms with Gasteiger partial charge in [0, 0.05) is 38.7 Å². The van der Waals surface area contributed by atoms with Gasteiger partial charge in [0.15, 0.2) is 0 Å². The molecule has 9 heteroatoms. The first-order valence-electron chi connectivity index (χ1n) is 15.5. The first-order valence-corrected chi connectivity index (χ1v) is 17.1. The van der Waals surface area contributed by atoms with Crippen LogP contribution in [0.3, 0.4) is 0 Å². The predicted molar refractivity (Wildman–Crippen MR) is 166 cm³/mol. The van der Waals surface area contributed by atoms with Gasteiger partial charge >= 0.3 is 0 Å². The van der Waals surface area contributed by atoms with Gasteiger partial charge in [-0.3, -0.25) is 14.6 Å². The van der Waals surface area contributed by atoms with Crippen LogP contribution in [0, 0.1) is 13.8 Å². The number of hydrogen-bond acceptors (Lipinski definition) is 5. The SMILES string of the molecule is Cc1cc2cc(C)c1CCS(=O)(=O)N1CCC3(CC1)N=C(CCCCC=CCCCCCCCC(=O)N2C)NC3=O. The van der Waals surface area contributed by atoms with Crippen LogP contribution in [0.5, 0.6) is 0 Å². The summed E-state index contributed by atoms with van der Waals surface area (Å²) in [7, 11) is -1.66. The Balaban J connectivity index is 1.45. The lowest BCUT2D eigenvalue weighted by atomic mass is 9.89. The van der Waals surface area contributed by atoms with Crippen LogP contribution in [0.4, 0.5) is 5.69 Å². The number of amidine groups is 1. The van der Waals surface area contributed by atoms with Gasteiger partial charge in [0.25, 0.3) is 5.91 Å². The molecule has 5 aliphatic rings. The van der Waals surface area contributed by atoms with Gasteiger partial charge in [0.05, 0.1) is 5.75 Å². The van der Waals surface area contributed by atoms with E-state index >= 15 is 0 Å². The second-order valence-electron chi connectivity index (χ2n) is 12.0. The van der Waals surface area contributed by atoms with Gasteiger partial charge in [0.1, 0.15) is 11.4 Å². The molecule has 6 rings (SSSR count). The van der Waals surface area contributed by atoms with Crippen molar-refractivity contribution in [1.82, 2.24) is 9.62 Å². The largest absolute Gasteiger partial charge is 0.315 e. The molecule has 1 fully saturated rings. The second-order valence-corrected chi connectivity index (χ2v) is 14.1. The highest BCUT2D eigenvalue weighted by atomic mass is 32.2. The van der Waals surface area contributed by atoms with Crippen LogP contribution in [0.25, 0.3) is 0 Å². The molecule has 5 heterocycles. The summed E-state index contributed by atoms with van der Waals surface area (Å²) in [6.45, 7) is 4.59. The lowest BCUT2D eigenvalue weighted by Gasteiger charge is -2.34. The van der Waals surface area contributed by atoms with Gasteiger partial charge in [-0.05, 0) is 100 Å². The standard InChI is InChI=1S/C32H48N4O4S/c1-25-23-27-24-26(2)28(25)17-22-41(39,40)36-20-18-32(19-21-36)31(38)33-29(34-32)15-13-11-9-7-5-4-6-8-10-12-14-16-30(37)35(27)3/h5,7,23-24H,4,6,8-22H2,1-3H3,(H,33,34,38). The van der Waals surface area contributed by atoms with E-state index in [4.69, 9.17) is 4.99 Å². The van der Waals surface area contributed by atoms with E-state index < -0.39 is 15.6 Å². The normalized spacial score (nSPS) is 27.2. The number of benzene rings is 1. The van der Waals surface area contributed by atoms with E-state index in [2.05, 4.69) is 17.5 Å². The average molecular weight is 585 g/mol. The van der Waals surface area contributed by atoms with Crippen LogP contribution in [0.2, 0.25) is 0 Å². The number of amides is 2. The quantitative estimate of drug-likeness (QED) is 0.415. The van der Waals surface area contributed by atoms with Gasteiger partial charge in [-0.25, -0.2) is 12.7 Å². The van der Waals surface area contributed by atoms with Crippen molar-refractivity contribution in [1.29, 1.82) is 0 Å². The fourth-order valence-corrected chi connectivity index (χ4v) is 7.72.